The van der Waals surface area contributed by atoms with Crippen molar-refractivity contribution in [2.24, 2.45) is 0 Å². The van der Waals surface area contributed by atoms with E-state index in [1.54, 1.807) is 6.07 Å². The number of aromatic amines is 1. The van der Waals surface area contributed by atoms with E-state index in [9.17, 15) is 9.59 Å². The van der Waals surface area contributed by atoms with Crippen LogP contribution in [0.1, 0.15) is 5.56 Å². The summed E-state index contributed by atoms with van der Waals surface area (Å²) in [5.41, 5.74) is 4.87. The predicted octanol–water partition coefficient (Wildman–Crippen LogP) is -0.564. The van der Waals surface area contributed by atoms with Gasteiger partial charge in [0.2, 0.25) is 0 Å². The molecule has 92 valence electrons. The molecule has 0 fully saturated rings. The van der Waals surface area contributed by atoms with Gasteiger partial charge in [-0.25, -0.2) is 15.0 Å². The van der Waals surface area contributed by atoms with Gasteiger partial charge in [0.1, 0.15) is 5.82 Å². The fraction of sp³-hybridized carbons (Fsp3) is 0.100. The van der Waals surface area contributed by atoms with Crippen molar-refractivity contribution in [1.82, 2.24) is 19.9 Å². The van der Waals surface area contributed by atoms with E-state index in [1.807, 2.05) is 0 Å². The molecule has 0 aromatic carbocycles. The third-order valence-corrected chi connectivity index (χ3v) is 2.15. The van der Waals surface area contributed by atoms with Gasteiger partial charge in [-0.15, -0.1) is 0 Å². The van der Waals surface area contributed by atoms with Crippen molar-refractivity contribution in [2.75, 3.05) is 5.73 Å². The van der Waals surface area contributed by atoms with Crippen molar-refractivity contribution < 1.29 is 9.90 Å². The lowest BCUT2D eigenvalue weighted by Crippen LogP contribution is -2.21. The van der Waals surface area contributed by atoms with Crippen LogP contribution in [-0.4, -0.2) is 31.0 Å². The van der Waals surface area contributed by atoms with Crippen LogP contribution in [0.5, 0.6) is 0 Å². The van der Waals surface area contributed by atoms with Gasteiger partial charge in [0.15, 0.2) is 11.6 Å². The van der Waals surface area contributed by atoms with Crippen LogP contribution in [0.2, 0.25) is 0 Å². The highest BCUT2D eigenvalue weighted by Gasteiger charge is 2.14. The Kier molecular flexibility index (Phi) is 3.00. The second-order valence-corrected chi connectivity index (χ2v) is 3.42. The van der Waals surface area contributed by atoms with Crippen LogP contribution in [-0.2, 0) is 11.2 Å². The molecule has 0 bridgehead atoms. The summed E-state index contributed by atoms with van der Waals surface area (Å²) < 4.78 is 0. The summed E-state index contributed by atoms with van der Waals surface area (Å²) in [5, 5.41) is 8.64. The van der Waals surface area contributed by atoms with Crippen LogP contribution in [0.3, 0.4) is 0 Å². The Balaban J connectivity index is 2.49. The Bertz CT molecular complexity index is 638. The Hall–Kier alpha value is -2.77. The zero-order valence-electron chi connectivity index (χ0n) is 9.12. The van der Waals surface area contributed by atoms with Crippen LogP contribution in [0.25, 0.3) is 11.6 Å². The molecule has 0 amide bonds. The number of rotatable bonds is 3. The molecular weight excluding hydrogens is 238 g/mol. The molecule has 2 heterocycles. The van der Waals surface area contributed by atoms with Crippen molar-refractivity contribution in [3.8, 4) is 11.6 Å². The zero-order chi connectivity index (χ0) is 13.1. The first-order chi connectivity index (χ1) is 8.58. The monoisotopic (exact) mass is 247 g/mol. The Morgan fingerprint density at radius 2 is 2.06 bits per heavy atom. The van der Waals surface area contributed by atoms with E-state index in [2.05, 4.69) is 19.9 Å². The minimum absolute atomic E-state index is 0.0813. The number of carbonyl (C=O) groups is 1. The van der Waals surface area contributed by atoms with Crippen LogP contribution in [0.4, 0.5) is 5.82 Å². The van der Waals surface area contributed by atoms with Gasteiger partial charge in [0.05, 0.1) is 12.0 Å². The summed E-state index contributed by atoms with van der Waals surface area (Å²) in [6, 6.07) is 1.61. The lowest BCUT2D eigenvalue weighted by atomic mass is 10.2. The molecule has 2 aromatic rings. The fourth-order valence-electron chi connectivity index (χ4n) is 1.36. The second-order valence-electron chi connectivity index (χ2n) is 3.42. The molecule has 2 aromatic heterocycles. The normalized spacial score (nSPS) is 10.2. The highest BCUT2D eigenvalue weighted by molar-refractivity contribution is 5.72. The first-order valence-electron chi connectivity index (χ1n) is 4.96. The van der Waals surface area contributed by atoms with E-state index >= 15 is 0 Å². The van der Waals surface area contributed by atoms with E-state index in [-0.39, 0.29) is 23.0 Å². The first kappa shape index (κ1) is 11.7. The summed E-state index contributed by atoms with van der Waals surface area (Å²) in [7, 11) is 0. The third kappa shape index (κ3) is 2.32. The first-order valence-corrected chi connectivity index (χ1v) is 4.96. The molecule has 0 radical (unpaired) electrons. The quantitative estimate of drug-likeness (QED) is 0.661. The largest absolute Gasteiger partial charge is 0.481 e. The molecule has 0 saturated carbocycles. The number of carboxylic acid groups (broad SMARTS) is 1. The van der Waals surface area contributed by atoms with Crippen molar-refractivity contribution in [2.45, 2.75) is 6.42 Å². The predicted molar refractivity (Wildman–Crippen MR) is 61.6 cm³/mol. The van der Waals surface area contributed by atoms with Gasteiger partial charge in [-0.1, -0.05) is 0 Å². The average Bonchev–Trinajstić information content (AvgIpc) is 2.34. The highest BCUT2D eigenvalue weighted by Crippen LogP contribution is 2.10. The van der Waals surface area contributed by atoms with E-state index in [0.717, 1.165) is 0 Å². The minimum atomic E-state index is -1.15. The number of nitrogens with one attached hydrogen (secondary N) is 1. The van der Waals surface area contributed by atoms with Gasteiger partial charge in [-0.05, 0) is 6.07 Å². The van der Waals surface area contributed by atoms with Gasteiger partial charge in [0.25, 0.3) is 5.56 Å². The average molecular weight is 247 g/mol. The number of hydrogen-bond acceptors (Lipinski definition) is 6. The molecule has 0 aliphatic rings. The molecule has 0 atom stereocenters. The van der Waals surface area contributed by atoms with Crippen LogP contribution >= 0.6 is 0 Å². The molecule has 18 heavy (non-hydrogen) atoms. The number of nitrogens with zero attached hydrogens (tertiary/aromatic N) is 3. The number of aromatic nitrogens is 4. The van der Waals surface area contributed by atoms with Crippen molar-refractivity contribution in [1.29, 1.82) is 0 Å². The van der Waals surface area contributed by atoms with E-state index in [1.165, 1.54) is 12.4 Å². The maximum Gasteiger partial charge on any atom is 0.308 e. The van der Waals surface area contributed by atoms with Crippen molar-refractivity contribution in [3.05, 3.63) is 34.4 Å². The summed E-state index contributed by atoms with van der Waals surface area (Å²) in [6.45, 7) is 0. The summed E-state index contributed by atoms with van der Waals surface area (Å²) in [6.07, 6.45) is 2.50. The lowest BCUT2D eigenvalue weighted by molar-refractivity contribution is -0.136. The topological polar surface area (TPSA) is 135 Å². The number of aliphatic carboxylic acids is 1. The molecule has 4 N–H and O–H groups in total. The Labute approximate surface area is 101 Å². The van der Waals surface area contributed by atoms with Gasteiger partial charge in [-0.3, -0.25) is 9.59 Å². The Morgan fingerprint density at radius 3 is 2.61 bits per heavy atom. The third-order valence-electron chi connectivity index (χ3n) is 2.15. The molecule has 0 spiro atoms. The van der Waals surface area contributed by atoms with Gasteiger partial charge in [0, 0.05) is 12.4 Å². The summed E-state index contributed by atoms with van der Waals surface area (Å²) >= 11 is 0. The lowest BCUT2D eigenvalue weighted by Gasteiger charge is -2.03. The Morgan fingerprint density at radius 1 is 1.39 bits per heavy atom. The number of hydrogen-bond donors (Lipinski definition) is 3. The standard InChI is InChI=1S/C10H9N5O3/c11-7-5(4-6(16)17)10(18)15-9(14-7)8-12-2-1-3-13-8/h1-3H,4H2,(H,16,17)(H3,11,14,15,18). The number of carboxylic acids is 1. The molecule has 0 unspecified atom stereocenters. The zero-order valence-corrected chi connectivity index (χ0v) is 9.12. The number of nitrogen functional groups attached to an aromatic ring is 1. The smallest absolute Gasteiger partial charge is 0.308 e. The maximum atomic E-state index is 11.7. The fourth-order valence-corrected chi connectivity index (χ4v) is 1.36. The van der Waals surface area contributed by atoms with Crippen LogP contribution in [0.15, 0.2) is 23.3 Å². The van der Waals surface area contributed by atoms with Crippen molar-refractivity contribution in [3.63, 3.8) is 0 Å². The van der Waals surface area contributed by atoms with Crippen LogP contribution < -0.4 is 11.3 Å². The van der Waals surface area contributed by atoms with Gasteiger partial charge >= 0.3 is 5.97 Å². The van der Waals surface area contributed by atoms with Gasteiger partial charge < -0.3 is 15.8 Å². The highest BCUT2D eigenvalue weighted by atomic mass is 16.4. The number of anilines is 1. The molecule has 8 heteroatoms. The van der Waals surface area contributed by atoms with Gasteiger partial charge in [-0.2, -0.15) is 0 Å². The van der Waals surface area contributed by atoms with E-state index < -0.39 is 17.9 Å². The minimum Gasteiger partial charge on any atom is -0.481 e. The molecule has 2 rings (SSSR count). The second kappa shape index (κ2) is 4.62. The molecule has 8 nitrogen and oxygen atoms in total. The number of H-pyrrole nitrogens is 1. The number of nitrogens with two attached hydrogens (primary N) is 1. The summed E-state index contributed by atoms with van der Waals surface area (Å²) in [4.78, 5) is 36.3. The van der Waals surface area contributed by atoms with Crippen LogP contribution in [0, 0.1) is 0 Å². The molecule has 0 aliphatic heterocycles. The maximum absolute atomic E-state index is 11.7. The SMILES string of the molecule is Nc1nc(-c2ncccn2)[nH]c(=O)c1CC(=O)O. The molecular formula is C10H9N5O3. The van der Waals surface area contributed by atoms with Crippen molar-refractivity contribution >= 4 is 11.8 Å². The van der Waals surface area contributed by atoms with E-state index in [4.69, 9.17) is 10.8 Å². The van der Waals surface area contributed by atoms with E-state index in [0.29, 0.717) is 0 Å². The molecule has 0 aliphatic carbocycles. The summed E-state index contributed by atoms with van der Waals surface area (Å²) in [5.74, 6) is -0.975. The molecule has 0 saturated heterocycles.